The van der Waals surface area contributed by atoms with Crippen molar-refractivity contribution in [3.8, 4) is 5.75 Å². The Morgan fingerprint density at radius 3 is 2.06 bits per heavy atom. The third kappa shape index (κ3) is 10.8. The van der Waals surface area contributed by atoms with Crippen molar-refractivity contribution in [3.05, 3.63) is 29.8 Å². The number of rotatable bonds is 14. The number of amides is 4. The summed E-state index contributed by atoms with van der Waals surface area (Å²) in [6, 6.07) is 2.96. The molecule has 0 fully saturated rings. The molecule has 3 atom stereocenters. The van der Waals surface area contributed by atoms with Crippen LogP contribution in [0.15, 0.2) is 24.3 Å². The number of nitrogens with two attached hydrogens (primary N) is 2. The van der Waals surface area contributed by atoms with Gasteiger partial charge >= 0.3 is 5.97 Å². The number of aliphatic carboxylic acids is 1. The monoisotopic (exact) mass is 479 g/mol. The van der Waals surface area contributed by atoms with E-state index in [4.69, 9.17) is 16.6 Å². The van der Waals surface area contributed by atoms with Crippen molar-refractivity contribution in [3.63, 3.8) is 0 Å². The molecule has 12 heteroatoms. The third-order valence-electron chi connectivity index (χ3n) is 4.80. The first-order valence-corrected chi connectivity index (χ1v) is 10.8. The first-order chi connectivity index (χ1) is 15.9. The van der Waals surface area contributed by atoms with Gasteiger partial charge in [-0.1, -0.05) is 26.0 Å². The van der Waals surface area contributed by atoms with Crippen molar-refractivity contribution >= 4 is 29.6 Å². The van der Waals surface area contributed by atoms with Gasteiger partial charge in [-0.25, -0.2) is 0 Å². The van der Waals surface area contributed by atoms with Crippen molar-refractivity contribution in [1.29, 1.82) is 0 Å². The van der Waals surface area contributed by atoms with Crippen molar-refractivity contribution in [1.82, 2.24) is 16.0 Å². The molecule has 12 nitrogen and oxygen atoms in total. The second kappa shape index (κ2) is 13.8. The molecule has 0 saturated carbocycles. The number of phenolic OH excluding ortho intramolecular Hbond substituents is 1. The maximum absolute atomic E-state index is 12.9. The van der Waals surface area contributed by atoms with E-state index in [1.54, 1.807) is 12.1 Å². The third-order valence-corrected chi connectivity index (χ3v) is 4.80. The molecule has 1 aromatic carbocycles. The Hall–Kier alpha value is -3.67. The van der Waals surface area contributed by atoms with Gasteiger partial charge in [0.2, 0.25) is 23.6 Å². The van der Waals surface area contributed by atoms with E-state index in [1.165, 1.54) is 12.1 Å². The van der Waals surface area contributed by atoms with Gasteiger partial charge in [-0.2, -0.15) is 0 Å². The topological polar surface area (TPSA) is 214 Å². The number of benzene rings is 1. The molecule has 0 radical (unpaired) electrons. The second-order valence-electron chi connectivity index (χ2n) is 8.35. The standard InChI is InChI=1S/C22H33N5O7/c1-12(2)9-17(27-20(32)15(23)10-13-3-5-14(28)6-4-13)22(34)26-16(7-8-18(24)29)21(33)25-11-19(30)31/h3-6,12,15-17,28H,7-11,23H2,1-2H3,(H2,24,29)(H,25,33)(H,26,34)(H,27,32)(H,30,31). The van der Waals surface area contributed by atoms with Crippen LogP contribution >= 0.6 is 0 Å². The molecule has 34 heavy (non-hydrogen) atoms. The molecule has 0 spiro atoms. The minimum absolute atomic E-state index is 0.00530. The average molecular weight is 480 g/mol. The number of phenols is 1. The van der Waals surface area contributed by atoms with E-state index in [2.05, 4.69) is 16.0 Å². The molecular weight excluding hydrogens is 446 g/mol. The zero-order valence-corrected chi connectivity index (χ0v) is 19.2. The molecule has 188 valence electrons. The molecule has 0 aromatic heterocycles. The highest BCUT2D eigenvalue weighted by molar-refractivity contribution is 5.94. The van der Waals surface area contributed by atoms with E-state index in [-0.39, 0.29) is 37.4 Å². The van der Waals surface area contributed by atoms with E-state index < -0.39 is 54.3 Å². The predicted octanol–water partition coefficient (Wildman–Crippen LogP) is -1.26. The quantitative estimate of drug-likeness (QED) is 0.171. The fraction of sp³-hybridized carbons (Fsp3) is 0.500. The Kier molecular flexibility index (Phi) is 11.5. The molecule has 0 saturated heterocycles. The van der Waals surface area contributed by atoms with Gasteiger partial charge < -0.3 is 37.6 Å². The van der Waals surface area contributed by atoms with E-state index in [1.807, 2.05) is 13.8 Å². The fourth-order valence-corrected chi connectivity index (χ4v) is 3.07. The molecule has 1 aromatic rings. The van der Waals surface area contributed by atoms with Crippen LogP contribution in [0.1, 0.15) is 38.7 Å². The number of carboxylic acids is 1. The lowest BCUT2D eigenvalue weighted by molar-refractivity contribution is -0.138. The number of aromatic hydroxyl groups is 1. The predicted molar refractivity (Wildman–Crippen MR) is 122 cm³/mol. The van der Waals surface area contributed by atoms with Gasteiger partial charge in [-0.3, -0.25) is 24.0 Å². The highest BCUT2D eigenvalue weighted by Gasteiger charge is 2.29. The smallest absolute Gasteiger partial charge is 0.322 e. The second-order valence-corrected chi connectivity index (χ2v) is 8.35. The Morgan fingerprint density at radius 2 is 1.53 bits per heavy atom. The van der Waals surface area contributed by atoms with E-state index >= 15 is 0 Å². The number of carbonyl (C=O) groups excluding carboxylic acids is 4. The van der Waals surface area contributed by atoms with Gasteiger partial charge in [0.05, 0.1) is 6.04 Å². The summed E-state index contributed by atoms with van der Waals surface area (Å²) >= 11 is 0. The van der Waals surface area contributed by atoms with Crippen molar-refractivity contribution in [2.24, 2.45) is 17.4 Å². The Labute approximate surface area is 197 Å². The number of primary amides is 1. The first kappa shape index (κ1) is 28.4. The van der Waals surface area contributed by atoms with Crippen LogP contribution < -0.4 is 27.4 Å². The molecule has 0 heterocycles. The minimum atomic E-state index is -1.28. The fourth-order valence-electron chi connectivity index (χ4n) is 3.07. The molecule has 3 unspecified atom stereocenters. The van der Waals surface area contributed by atoms with Gasteiger partial charge in [0, 0.05) is 6.42 Å². The molecular formula is C22H33N5O7. The van der Waals surface area contributed by atoms with Crippen molar-refractivity contribution in [2.45, 2.75) is 57.7 Å². The van der Waals surface area contributed by atoms with Crippen LogP contribution in [-0.4, -0.2) is 64.5 Å². The SMILES string of the molecule is CC(C)CC(NC(=O)C(N)Cc1ccc(O)cc1)C(=O)NC(CCC(N)=O)C(=O)NCC(=O)O. The highest BCUT2D eigenvalue weighted by Crippen LogP contribution is 2.12. The van der Waals surface area contributed by atoms with Crippen molar-refractivity contribution < 1.29 is 34.2 Å². The number of carboxylic acid groups (broad SMARTS) is 1. The Balaban J connectivity index is 2.89. The molecule has 4 amide bonds. The van der Waals surface area contributed by atoms with Crippen LogP contribution in [0.25, 0.3) is 0 Å². The van der Waals surface area contributed by atoms with E-state index in [9.17, 15) is 29.1 Å². The van der Waals surface area contributed by atoms with Gasteiger partial charge in [0.1, 0.15) is 24.4 Å². The largest absolute Gasteiger partial charge is 0.508 e. The summed E-state index contributed by atoms with van der Waals surface area (Å²) in [5.41, 5.74) is 11.8. The van der Waals surface area contributed by atoms with Gasteiger partial charge in [0.15, 0.2) is 0 Å². The number of nitrogens with one attached hydrogen (secondary N) is 3. The van der Waals surface area contributed by atoms with Gasteiger partial charge in [0.25, 0.3) is 0 Å². The maximum Gasteiger partial charge on any atom is 0.322 e. The average Bonchev–Trinajstić information content (AvgIpc) is 2.75. The number of hydrogen-bond acceptors (Lipinski definition) is 7. The summed E-state index contributed by atoms with van der Waals surface area (Å²) < 4.78 is 0. The van der Waals surface area contributed by atoms with E-state index in [0.29, 0.717) is 5.56 Å². The summed E-state index contributed by atoms with van der Waals surface area (Å²) in [5, 5.41) is 25.3. The highest BCUT2D eigenvalue weighted by atomic mass is 16.4. The normalized spacial score (nSPS) is 13.4. The van der Waals surface area contributed by atoms with Crippen LogP contribution in [0.5, 0.6) is 5.75 Å². The van der Waals surface area contributed by atoms with Crippen LogP contribution in [-0.2, 0) is 30.4 Å². The Bertz CT molecular complexity index is 873. The minimum Gasteiger partial charge on any atom is -0.508 e. The summed E-state index contributed by atoms with van der Waals surface area (Å²) in [4.78, 5) is 59.8. The van der Waals surface area contributed by atoms with Gasteiger partial charge in [-0.05, 0) is 42.9 Å². The molecule has 1 rings (SSSR count). The molecule has 0 aliphatic heterocycles. The molecule has 0 aliphatic carbocycles. The Morgan fingerprint density at radius 1 is 0.941 bits per heavy atom. The van der Waals surface area contributed by atoms with Crippen LogP contribution in [0.2, 0.25) is 0 Å². The summed E-state index contributed by atoms with van der Waals surface area (Å²) in [5.74, 6) is -3.96. The lowest BCUT2D eigenvalue weighted by atomic mass is 10.0. The number of hydrogen-bond donors (Lipinski definition) is 7. The van der Waals surface area contributed by atoms with Gasteiger partial charge in [-0.15, -0.1) is 0 Å². The molecule has 9 N–H and O–H groups in total. The summed E-state index contributed by atoms with van der Waals surface area (Å²) in [7, 11) is 0. The zero-order chi connectivity index (χ0) is 25.8. The van der Waals surface area contributed by atoms with Crippen LogP contribution in [0.4, 0.5) is 0 Å². The maximum atomic E-state index is 12.9. The number of carbonyl (C=O) groups is 5. The zero-order valence-electron chi connectivity index (χ0n) is 19.2. The molecule has 0 bridgehead atoms. The first-order valence-electron chi connectivity index (χ1n) is 10.8. The van der Waals surface area contributed by atoms with E-state index in [0.717, 1.165) is 0 Å². The summed E-state index contributed by atoms with van der Waals surface area (Å²) in [6.45, 7) is 3.01. The van der Waals surface area contributed by atoms with Crippen molar-refractivity contribution in [2.75, 3.05) is 6.54 Å². The lowest BCUT2D eigenvalue weighted by Gasteiger charge is -2.25. The summed E-state index contributed by atoms with van der Waals surface area (Å²) in [6.07, 6.45) is 0.0448. The lowest BCUT2D eigenvalue weighted by Crippen LogP contribution is -2.56. The van der Waals surface area contributed by atoms with Crippen LogP contribution in [0, 0.1) is 5.92 Å². The molecule has 0 aliphatic rings. The van der Waals surface area contributed by atoms with Crippen LogP contribution in [0.3, 0.4) is 0 Å².